The molecule has 1 saturated heterocycles. The van der Waals surface area contributed by atoms with Gasteiger partial charge < -0.3 is 24.7 Å². The maximum atomic E-state index is 12.4. The summed E-state index contributed by atoms with van der Waals surface area (Å²) in [6.45, 7) is 2.01. The summed E-state index contributed by atoms with van der Waals surface area (Å²) in [6, 6.07) is 3.04. The van der Waals surface area contributed by atoms with Crippen LogP contribution in [0.1, 0.15) is 0 Å². The Hall–Kier alpha value is -2.61. The molecule has 0 saturated carbocycles. The van der Waals surface area contributed by atoms with Crippen LogP contribution in [0.5, 0.6) is 5.88 Å². The van der Waals surface area contributed by atoms with Crippen LogP contribution in [-0.4, -0.2) is 54.3 Å². The van der Waals surface area contributed by atoms with Crippen molar-refractivity contribution in [3.63, 3.8) is 0 Å². The number of methoxy groups -OCH3 is 1. The Labute approximate surface area is 126 Å². The zero-order chi connectivity index (χ0) is 15.5. The monoisotopic (exact) mass is 304 g/mol. The van der Waals surface area contributed by atoms with Crippen molar-refractivity contribution in [2.45, 2.75) is 0 Å². The number of morpholine rings is 1. The summed E-state index contributed by atoms with van der Waals surface area (Å²) in [7, 11) is 1.48. The molecular formula is C14H16N4O4. The number of hydrogen-bond acceptors (Lipinski definition) is 5. The highest BCUT2D eigenvalue weighted by Crippen LogP contribution is 2.13. The van der Waals surface area contributed by atoms with Gasteiger partial charge in [-0.1, -0.05) is 0 Å². The van der Waals surface area contributed by atoms with Crippen molar-refractivity contribution in [1.82, 2.24) is 14.9 Å². The first-order chi connectivity index (χ1) is 10.7. The predicted molar refractivity (Wildman–Crippen MR) is 80.3 cm³/mol. The number of aromatic amines is 1. The van der Waals surface area contributed by atoms with Crippen LogP contribution in [0, 0.1) is 0 Å². The second-order valence-corrected chi connectivity index (χ2v) is 4.81. The molecule has 2 N–H and O–H groups in total. The average Bonchev–Trinajstić information content (AvgIpc) is 2.58. The molecule has 2 amide bonds. The number of hydrogen-bond donors (Lipinski definition) is 2. The van der Waals surface area contributed by atoms with Gasteiger partial charge in [0.2, 0.25) is 11.3 Å². The Morgan fingerprint density at radius 1 is 1.41 bits per heavy atom. The molecule has 1 aliphatic rings. The van der Waals surface area contributed by atoms with Crippen molar-refractivity contribution in [1.29, 1.82) is 0 Å². The van der Waals surface area contributed by atoms with Crippen LogP contribution in [0.2, 0.25) is 0 Å². The van der Waals surface area contributed by atoms with Crippen molar-refractivity contribution < 1.29 is 14.3 Å². The third-order valence-corrected chi connectivity index (χ3v) is 3.45. The molecule has 0 spiro atoms. The minimum Gasteiger partial charge on any atom is -0.481 e. The number of urea groups is 1. The predicted octanol–water partition coefficient (Wildman–Crippen LogP) is 0.796. The van der Waals surface area contributed by atoms with Crippen molar-refractivity contribution in [2.75, 3.05) is 38.7 Å². The Morgan fingerprint density at radius 2 is 2.18 bits per heavy atom. The van der Waals surface area contributed by atoms with Crippen LogP contribution in [0.4, 0.5) is 10.5 Å². The van der Waals surface area contributed by atoms with Gasteiger partial charge in [0.15, 0.2) is 0 Å². The molecular weight excluding hydrogens is 288 g/mol. The van der Waals surface area contributed by atoms with Gasteiger partial charge in [0.05, 0.1) is 25.8 Å². The van der Waals surface area contributed by atoms with Crippen LogP contribution in [-0.2, 0) is 4.74 Å². The van der Waals surface area contributed by atoms with E-state index in [1.165, 1.54) is 13.3 Å². The van der Waals surface area contributed by atoms with Gasteiger partial charge in [-0.2, -0.15) is 0 Å². The fourth-order valence-electron chi connectivity index (χ4n) is 2.24. The Kier molecular flexibility index (Phi) is 3.92. The van der Waals surface area contributed by atoms with Gasteiger partial charge in [0, 0.05) is 25.4 Å². The minimum atomic E-state index is -0.353. The minimum absolute atomic E-state index is 0.157. The number of aromatic nitrogens is 2. The maximum absolute atomic E-state index is 12.4. The van der Waals surface area contributed by atoms with E-state index in [9.17, 15) is 9.59 Å². The molecule has 0 aliphatic carbocycles. The van der Waals surface area contributed by atoms with Crippen LogP contribution < -0.4 is 15.5 Å². The topological polar surface area (TPSA) is 96.5 Å². The normalized spacial score (nSPS) is 14.9. The Morgan fingerprint density at radius 3 is 2.91 bits per heavy atom. The van der Waals surface area contributed by atoms with E-state index in [-0.39, 0.29) is 22.7 Å². The van der Waals surface area contributed by atoms with Crippen molar-refractivity contribution in [3.05, 3.63) is 28.6 Å². The molecule has 3 heterocycles. The molecule has 1 aliphatic heterocycles. The van der Waals surface area contributed by atoms with E-state index in [1.807, 2.05) is 0 Å². The van der Waals surface area contributed by atoms with Gasteiger partial charge in [-0.3, -0.25) is 4.79 Å². The van der Waals surface area contributed by atoms with Crippen molar-refractivity contribution in [2.24, 2.45) is 0 Å². The second kappa shape index (κ2) is 6.02. The number of anilines is 1. The zero-order valence-electron chi connectivity index (χ0n) is 12.1. The second-order valence-electron chi connectivity index (χ2n) is 4.81. The third kappa shape index (κ3) is 2.73. The maximum Gasteiger partial charge on any atom is 0.322 e. The van der Waals surface area contributed by atoms with Gasteiger partial charge in [-0.15, -0.1) is 0 Å². The lowest BCUT2D eigenvalue weighted by molar-refractivity contribution is 0.0564. The molecule has 3 rings (SSSR count). The molecule has 1 fully saturated rings. The molecule has 0 unspecified atom stereocenters. The number of carbonyl (C=O) groups excluding carboxylic acids is 1. The lowest BCUT2D eigenvalue weighted by Crippen LogP contribution is -2.43. The lowest BCUT2D eigenvalue weighted by atomic mass is 10.3. The number of nitrogens with one attached hydrogen (secondary N) is 2. The van der Waals surface area contributed by atoms with E-state index >= 15 is 0 Å². The molecule has 116 valence electrons. The fourth-order valence-corrected chi connectivity index (χ4v) is 2.24. The third-order valence-electron chi connectivity index (χ3n) is 3.45. The summed E-state index contributed by atoms with van der Waals surface area (Å²) < 4.78 is 10.2. The highest BCUT2D eigenvalue weighted by atomic mass is 16.5. The zero-order valence-corrected chi connectivity index (χ0v) is 12.1. The Balaban J connectivity index is 1.88. The first-order valence-corrected chi connectivity index (χ1v) is 6.89. The van der Waals surface area contributed by atoms with E-state index in [1.54, 1.807) is 17.0 Å². The average molecular weight is 304 g/mol. The molecule has 8 heteroatoms. The summed E-state index contributed by atoms with van der Waals surface area (Å²) >= 11 is 0. The summed E-state index contributed by atoms with van der Waals surface area (Å²) in [4.78, 5) is 33.2. The van der Waals surface area contributed by atoms with E-state index in [4.69, 9.17) is 9.47 Å². The highest BCUT2D eigenvalue weighted by Gasteiger charge is 2.18. The van der Waals surface area contributed by atoms with E-state index in [0.717, 1.165) is 0 Å². The first kappa shape index (κ1) is 14.3. The number of carbonyl (C=O) groups is 1. The van der Waals surface area contributed by atoms with Crippen molar-refractivity contribution >= 4 is 22.8 Å². The molecule has 0 radical (unpaired) electrons. The van der Waals surface area contributed by atoms with Crippen LogP contribution >= 0.6 is 0 Å². The number of H-pyrrole nitrogens is 1. The number of amides is 2. The van der Waals surface area contributed by atoms with Gasteiger partial charge in [-0.05, 0) is 6.07 Å². The quantitative estimate of drug-likeness (QED) is 0.855. The molecule has 8 nitrogen and oxygen atoms in total. The van der Waals surface area contributed by atoms with E-state index in [2.05, 4.69) is 15.3 Å². The van der Waals surface area contributed by atoms with E-state index in [0.29, 0.717) is 37.7 Å². The smallest absolute Gasteiger partial charge is 0.322 e. The number of fused-ring (bicyclic) bond motifs is 1. The molecule has 0 bridgehead atoms. The van der Waals surface area contributed by atoms with Gasteiger partial charge in [0.25, 0.3) is 0 Å². The van der Waals surface area contributed by atoms with Gasteiger partial charge in [-0.25, -0.2) is 9.78 Å². The van der Waals surface area contributed by atoms with Gasteiger partial charge >= 0.3 is 6.03 Å². The summed E-state index contributed by atoms with van der Waals surface area (Å²) in [6.07, 6.45) is 1.47. The summed E-state index contributed by atoms with van der Waals surface area (Å²) in [5.74, 6) is 0.342. The fraction of sp³-hybridized carbons (Fsp3) is 0.357. The van der Waals surface area contributed by atoms with Crippen LogP contribution in [0.25, 0.3) is 11.0 Å². The van der Waals surface area contributed by atoms with E-state index < -0.39 is 0 Å². The molecule has 0 atom stereocenters. The standard InChI is InChI=1S/C14H16N4O4/c1-21-11-3-2-9-12(17-11)13(19)10(8-15-9)16-14(20)18-4-6-22-7-5-18/h2-3,8H,4-7H2,1H3,(H,15,19)(H,16,20). The largest absolute Gasteiger partial charge is 0.481 e. The van der Waals surface area contributed by atoms with Crippen molar-refractivity contribution in [3.8, 4) is 5.88 Å². The number of pyridine rings is 2. The number of nitrogens with zero attached hydrogens (tertiary/aromatic N) is 2. The van der Waals surface area contributed by atoms with Crippen LogP contribution in [0.3, 0.4) is 0 Å². The highest BCUT2D eigenvalue weighted by molar-refractivity contribution is 5.91. The summed E-state index contributed by atoms with van der Waals surface area (Å²) in [5.41, 5.74) is 0.605. The number of rotatable bonds is 2. The lowest BCUT2D eigenvalue weighted by Gasteiger charge is -2.26. The molecule has 22 heavy (non-hydrogen) atoms. The molecule has 2 aromatic rings. The molecule has 2 aromatic heterocycles. The SMILES string of the molecule is COc1ccc2[nH]cc(NC(=O)N3CCOCC3)c(=O)c2n1. The molecule has 0 aromatic carbocycles. The summed E-state index contributed by atoms with van der Waals surface area (Å²) in [5, 5.41) is 2.62. The van der Waals surface area contributed by atoms with Crippen LogP contribution in [0.15, 0.2) is 23.1 Å². The number of ether oxygens (including phenoxy) is 2. The first-order valence-electron chi connectivity index (χ1n) is 6.89. The van der Waals surface area contributed by atoms with Gasteiger partial charge in [0.1, 0.15) is 11.2 Å². The Bertz CT molecular complexity index is 752.